The molecule has 0 aliphatic heterocycles. The Morgan fingerprint density at radius 3 is 2.61 bits per heavy atom. The number of aromatic nitrogens is 4. The van der Waals surface area contributed by atoms with Crippen LogP contribution in [0.4, 0.5) is 11.6 Å². The predicted molar refractivity (Wildman–Crippen MR) is 72.2 cm³/mol. The largest absolute Gasteiger partial charge is 0.325 e. The molecule has 0 aliphatic rings. The quantitative estimate of drug-likeness (QED) is 0.849. The van der Waals surface area contributed by atoms with Crippen molar-refractivity contribution in [1.29, 1.82) is 0 Å². The molecule has 0 saturated carbocycles. The van der Waals surface area contributed by atoms with Gasteiger partial charge in [-0.2, -0.15) is 5.10 Å². The van der Waals surface area contributed by atoms with E-state index in [9.17, 15) is 0 Å². The van der Waals surface area contributed by atoms with Gasteiger partial charge in [-0.1, -0.05) is 20.8 Å². The Bertz CT molecular complexity index is 556. The molecule has 2 rings (SSSR count). The van der Waals surface area contributed by atoms with E-state index < -0.39 is 0 Å². The topological polar surface area (TPSA) is 55.6 Å². The second-order valence-corrected chi connectivity index (χ2v) is 5.46. The predicted octanol–water partition coefficient (Wildman–Crippen LogP) is 2.90. The number of rotatable bonds is 2. The van der Waals surface area contributed by atoms with Gasteiger partial charge in [0.05, 0.1) is 5.69 Å². The van der Waals surface area contributed by atoms with Gasteiger partial charge in [0.25, 0.3) is 0 Å². The summed E-state index contributed by atoms with van der Waals surface area (Å²) in [7, 11) is 1.89. The second-order valence-electron chi connectivity index (χ2n) is 5.12. The molecule has 0 aliphatic carbocycles. The molecule has 0 atom stereocenters. The van der Waals surface area contributed by atoms with Gasteiger partial charge in [-0.3, -0.25) is 4.68 Å². The van der Waals surface area contributed by atoms with Crippen molar-refractivity contribution < 1.29 is 0 Å². The van der Waals surface area contributed by atoms with Crippen molar-refractivity contribution in [2.75, 3.05) is 5.32 Å². The molecule has 96 valence electrons. The zero-order valence-corrected chi connectivity index (χ0v) is 11.7. The number of hydrogen-bond acceptors (Lipinski definition) is 4. The summed E-state index contributed by atoms with van der Waals surface area (Å²) in [5.41, 5.74) is 1.04. The van der Waals surface area contributed by atoms with Crippen molar-refractivity contribution in [2.45, 2.75) is 26.2 Å². The first-order valence-corrected chi connectivity index (χ1v) is 6.04. The molecule has 0 fully saturated rings. The molecule has 0 aromatic carbocycles. The molecule has 18 heavy (non-hydrogen) atoms. The third-order valence-corrected chi connectivity index (χ3v) is 2.71. The van der Waals surface area contributed by atoms with Crippen LogP contribution < -0.4 is 5.32 Å². The maximum atomic E-state index is 5.74. The highest BCUT2D eigenvalue weighted by atomic mass is 35.5. The standard InChI is InChI=1S/C12H16ClN5/c1-12(2,3)8-7-10(18(4)17-8)15-9-5-6-14-11(13)16-9/h5-7H,1-4H3,(H,14,15,16). The van der Waals surface area contributed by atoms with Gasteiger partial charge in [-0.25, -0.2) is 9.97 Å². The fourth-order valence-electron chi connectivity index (χ4n) is 1.49. The molecule has 0 amide bonds. The summed E-state index contributed by atoms with van der Waals surface area (Å²) in [4.78, 5) is 7.92. The monoisotopic (exact) mass is 265 g/mol. The van der Waals surface area contributed by atoms with Crippen LogP contribution in [-0.4, -0.2) is 19.7 Å². The minimum absolute atomic E-state index is 0.0149. The van der Waals surface area contributed by atoms with Crippen LogP contribution in [0.15, 0.2) is 18.3 Å². The first kappa shape index (κ1) is 12.8. The van der Waals surface area contributed by atoms with Crippen molar-refractivity contribution in [3.05, 3.63) is 29.3 Å². The molecule has 0 saturated heterocycles. The van der Waals surface area contributed by atoms with Gasteiger partial charge in [-0.15, -0.1) is 0 Å². The number of aryl methyl sites for hydroxylation is 1. The van der Waals surface area contributed by atoms with E-state index in [1.54, 1.807) is 16.9 Å². The van der Waals surface area contributed by atoms with Crippen LogP contribution in [0.5, 0.6) is 0 Å². The van der Waals surface area contributed by atoms with E-state index in [0.717, 1.165) is 11.5 Å². The van der Waals surface area contributed by atoms with Crippen LogP contribution in [0.25, 0.3) is 0 Å². The SMILES string of the molecule is Cn1nc(C(C)(C)C)cc1Nc1ccnc(Cl)n1. The van der Waals surface area contributed by atoms with Crippen LogP contribution in [0.3, 0.4) is 0 Å². The summed E-state index contributed by atoms with van der Waals surface area (Å²) in [6.45, 7) is 6.38. The normalized spacial score (nSPS) is 11.6. The van der Waals surface area contributed by atoms with Gasteiger partial charge in [0, 0.05) is 24.7 Å². The lowest BCUT2D eigenvalue weighted by Gasteiger charge is -2.13. The number of nitrogens with zero attached hydrogens (tertiary/aromatic N) is 4. The first-order chi connectivity index (χ1) is 8.36. The van der Waals surface area contributed by atoms with Crippen molar-refractivity contribution >= 4 is 23.2 Å². The Labute approximate surface area is 111 Å². The molecular formula is C12H16ClN5. The van der Waals surface area contributed by atoms with Crippen molar-refractivity contribution in [3.63, 3.8) is 0 Å². The summed E-state index contributed by atoms with van der Waals surface area (Å²) < 4.78 is 1.79. The van der Waals surface area contributed by atoms with E-state index >= 15 is 0 Å². The molecule has 0 radical (unpaired) electrons. The molecule has 2 aromatic heterocycles. The molecule has 2 aromatic rings. The van der Waals surface area contributed by atoms with E-state index in [4.69, 9.17) is 11.6 Å². The number of halogens is 1. The van der Waals surface area contributed by atoms with Crippen LogP contribution in [0, 0.1) is 0 Å². The fourth-order valence-corrected chi connectivity index (χ4v) is 1.63. The average molecular weight is 266 g/mol. The first-order valence-electron chi connectivity index (χ1n) is 5.66. The molecule has 0 bridgehead atoms. The highest BCUT2D eigenvalue weighted by molar-refractivity contribution is 6.28. The smallest absolute Gasteiger partial charge is 0.224 e. The number of hydrogen-bond donors (Lipinski definition) is 1. The molecule has 0 unspecified atom stereocenters. The van der Waals surface area contributed by atoms with Gasteiger partial charge >= 0.3 is 0 Å². The van der Waals surface area contributed by atoms with E-state index in [1.165, 1.54) is 0 Å². The minimum atomic E-state index is 0.0149. The van der Waals surface area contributed by atoms with E-state index in [-0.39, 0.29) is 10.7 Å². The summed E-state index contributed by atoms with van der Waals surface area (Å²) in [5, 5.41) is 7.87. The maximum absolute atomic E-state index is 5.74. The van der Waals surface area contributed by atoms with Crippen molar-refractivity contribution in [3.8, 4) is 0 Å². The van der Waals surface area contributed by atoms with E-state index in [1.807, 2.05) is 13.1 Å². The lowest BCUT2D eigenvalue weighted by molar-refractivity contribution is 0.553. The lowest BCUT2D eigenvalue weighted by Crippen LogP contribution is -2.12. The second kappa shape index (κ2) is 4.57. The third-order valence-electron chi connectivity index (χ3n) is 2.53. The Hall–Kier alpha value is -1.62. The molecule has 6 heteroatoms. The summed E-state index contributed by atoms with van der Waals surface area (Å²) in [5.74, 6) is 1.52. The number of anilines is 2. The van der Waals surface area contributed by atoms with Crippen LogP contribution in [-0.2, 0) is 12.5 Å². The van der Waals surface area contributed by atoms with Crippen LogP contribution in [0.1, 0.15) is 26.5 Å². The molecule has 0 spiro atoms. The zero-order chi connectivity index (χ0) is 13.3. The Morgan fingerprint density at radius 2 is 2.06 bits per heavy atom. The Kier molecular flexibility index (Phi) is 3.26. The van der Waals surface area contributed by atoms with Gasteiger partial charge < -0.3 is 5.32 Å². The number of nitrogens with one attached hydrogen (secondary N) is 1. The highest BCUT2D eigenvalue weighted by Crippen LogP contribution is 2.24. The summed E-state index contributed by atoms with van der Waals surface area (Å²) in [6, 6.07) is 3.77. The van der Waals surface area contributed by atoms with Crippen molar-refractivity contribution in [2.24, 2.45) is 7.05 Å². The van der Waals surface area contributed by atoms with Crippen LogP contribution in [0.2, 0.25) is 5.28 Å². The van der Waals surface area contributed by atoms with Crippen molar-refractivity contribution in [1.82, 2.24) is 19.7 Å². The highest BCUT2D eigenvalue weighted by Gasteiger charge is 2.19. The minimum Gasteiger partial charge on any atom is -0.325 e. The van der Waals surface area contributed by atoms with Gasteiger partial charge in [0.1, 0.15) is 11.6 Å². The van der Waals surface area contributed by atoms with Gasteiger partial charge in [-0.05, 0) is 17.7 Å². The lowest BCUT2D eigenvalue weighted by atomic mass is 9.92. The average Bonchev–Trinajstić information content (AvgIpc) is 2.60. The Morgan fingerprint density at radius 1 is 1.33 bits per heavy atom. The van der Waals surface area contributed by atoms with Crippen LogP contribution >= 0.6 is 11.6 Å². The summed E-state index contributed by atoms with van der Waals surface area (Å²) in [6.07, 6.45) is 1.61. The molecular weight excluding hydrogens is 250 g/mol. The van der Waals surface area contributed by atoms with Gasteiger partial charge in [0.15, 0.2) is 0 Å². The Balaban J connectivity index is 2.27. The van der Waals surface area contributed by atoms with Gasteiger partial charge in [0.2, 0.25) is 5.28 Å². The molecule has 2 heterocycles. The molecule has 5 nitrogen and oxygen atoms in total. The fraction of sp³-hybridized carbons (Fsp3) is 0.417. The third kappa shape index (κ3) is 2.79. The molecule has 1 N–H and O–H groups in total. The summed E-state index contributed by atoms with van der Waals surface area (Å²) >= 11 is 5.74. The zero-order valence-electron chi connectivity index (χ0n) is 10.9. The van der Waals surface area contributed by atoms with E-state index in [0.29, 0.717) is 5.82 Å². The maximum Gasteiger partial charge on any atom is 0.224 e. The van der Waals surface area contributed by atoms with E-state index in [2.05, 4.69) is 41.2 Å².